The Kier molecular flexibility index (Phi) is 7.05. The Labute approximate surface area is 186 Å². The number of primary amides is 1. The van der Waals surface area contributed by atoms with E-state index in [1.165, 1.54) is 6.07 Å². The average molecular weight is 440 g/mol. The normalized spacial score (nSPS) is 14.2. The molecule has 1 aliphatic heterocycles. The highest BCUT2D eigenvalue weighted by Gasteiger charge is 2.27. The van der Waals surface area contributed by atoms with E-state index >= 15 is 0 Å². The first-order valence-corrected chi connectivity index (χ1v) is 10.3. The Morgan fingerprint density at radius 1 is 1.34 bits per heavy atom. The molecule has 0 unspecified atom stereocenters. The third-order valence-electron chi connectivity index (χ3n) is 5.35. The average Bonchev–Trinajstić information content (AvgIpc) is 3.24. The van der Waals surface area contributed by atoms with Crippen molar-refractivity contribution in [2.24, 2.45) is 5.73 Å². The van der Waals surface area contributed by atoms with Gasteiger partial charge in [-0.15, -0.1) is 0 Å². The highest BCUT2D eigenvalue weighted by molar-refractivity contribution is 6.01. The van der Waals surface area contributed by atoms with Crippen molar-refractivity contribution in [3.05, 3.63) is 70.6 Å². The van der Waals surface area contributed by atoms with Gasteiger partial charge in [0.25, 0.3) is 12.3 Å². The molecular formula is C24H27F2N5O. The molecule has 1 aromatic carbocycles. The predicted molar refractivity (Wildman–Crippen MR) is 125 cm³/mol. The summed E-state index contributed by atoms with van der Waals surface area (Å²) in [6, 6.07) is 4.61. The van der Waals surface area contributed by atoms with Crippen LogP contribution in [0.1, 0.15) is 60.9 Å². The first-order chi connectivity index (χ1) is 15.3. The lowest BCUT2D eigenvalue weighted by molar-refractivity contribution is 0.0996. The molecular weight excluding hydrogens is 412 g/mol. The van der Waals surface area contributed by atoms with Crippen molar-refractivity contribution in [3.8, 4) is 11.1 Å². The number of anilines is 2. The molecule has 0 spiro atoms. The summed E-state index contributed by atoms with van der Waals surface area (Å²) in [5.74, 6) is -0.824. The maximum atomic E-state index is 14.0. The zero-order valence-corrected chi connectivity index (χ0v) is 18.3. The molecule has 1 aliphatic rings. The minimum absolute atomic E-state index is 0.0231. The lowest BCUT2D eigenvalue weighted by Crippen LogP contribution is -2.17. The molecule has 0 aliphatic carbocycles. The number of nitrogen functional groups attached to an aromatic ring is 1. The van der Waals surface area contributed by atoms with Crippen LogP contribution in [-0.2, 0) is 6.54 Å². The highest BCUT2D eigenvalue weighted by Crippen LogP contribution is 2.42. The van der Waals surface area contributed by atoms with Crippen LogP contribution >= 0.6 is 0 Å². The van der Waals surface area contributed by atoms with Crippen LogP contribution in [0.5, 0.6) is 0 Å². The fourth-order valence-electron chi connectivity index (χ4n) is 3.57. The number of halogens is 2. The fourth-order valence-corrected chi connectivity index (χ4v) is 3.57. The number of amides is 1. The number of fused-ring (bicyclic) bond motifs is 1. The highest BCUT2D eigenvalue weighted by atomic mass is 19.3. The minimum atomic E-state index is -2.73. The molecule has 0 bridgehead atoms. The van der Waals surface area contributed by atoms with Crippen LogP contribution in [0.4, 0.5) is 20.2 Å². The van der Waals surface area contributed by atoms with Crippen molar-refractivity contribution in [2.45, 2.75) is 40.2 Å². The van der Waals surface area contributed by atoms with E-state index in [0.29, 0.717) is 34.6 Å². The van der Waals surface area contributed by atoms with Crippen molar-refractivity contribution < 1.29 is 13.6 Å². The number of hydrogen-bond donors (Lipinski definition) is 4. The second-order valence-corrected chi connectivity index (χ2v) is 7.51. The Hall–Kier alpha value is -3.52. The summed E-state index contributed by atoms with van der Waals surface area (Å²) in [5, 5.41) is 0. The first-order valence-electron chi connectivity index (χ1n) is 10.3. The summed E-state index contributed by atoms with van der Waals surface area (Å²) in [5.41, 5.74) is 21.5. The van der Waals surface area contributed by atoms with Gasteiger partial charge in [0.05, 0.1) is 17.1 Å². The lowest BCUT2D eigenvalue weighted by Gasteiger charge is -2.18. The van der Waals surface area contributed by atoms with Gasteiger partial charge in [-0.25, -0.2) is 19.2 Å². The van der Waals surface area contributed by atoms with E-state index in [2.05, 4.69) is 15.8 Å². The van der Waals surface area contributed by atoms with Gasteiger partial charge in [-0.1, -0.05) is 42.9 Å². The van der Waals surface area contributed by atoms with Crippen molar-refractivity contribution in [2.75, 3.05) is 11.2 Å². The summed E-state index contributed by atoms with van der Waals surface area (Å²) in [6.07, 6.45) is 5.58. The maximum Gasteiger partial charge on any atom is 0.269 e. The van der Waals surface area contributed by atoms with E-state index in [4.69, 9.17) is 11.5 Å². The fraction of sp³-hybridized carbons (Fsp3) is 0.250. The van der Waals surface area contributed by atoms with E-state index in [9.17, 15) is 13.6 Å². The predicted octanol–water partition coefficient (Wildman–Crippen LogP) is 5.11. The Balaban J connectivity index is 2.38. The van der Waals surface area contributed by atoms with E-state index in [1.54, 1.807) is 12.1 Å². The molecule has 0 atom stereocenters. The maximum absolute atomic E-state index is 14.0. The molecule has 6 N–H and O–H groups in total. The Morgan fingerprint density at radius 3 is 2.72 bits per heavy atom. The van der Waals surface area contributed by atoms with Crippen LogP contribution in [0.3, 0.4) is 0 Å². The molecule has 1 aromatic heterocycles. The summed E-state index contributed by atoms with van der Waals surface area (Å²) in [7, 11) is 0. The number of nitrogens with one attached hydrogen (secondary N) is 2. The van der Waals surface area contributed by atoms with Gasteiger partial charge in [-0.05, 0) is 38.0 Å². The molecule has 32 heavy (non-hydrogen) atoms. The van der Waals surface area contributed by atoms with E-state index in [-0.39, 0.29) is 22.5 Å². The molecule has 0 saturated carbocycles. The number of nitrogens with zero attached hydrogens (tertiary/aromatic N) is 1. The number of carbonyl (C=O) groups excluding carboxylic acids is 1. The van der Waals surface area contributed by atoms with Gasteiger partial charge >= 0.3 is 0 Å². The van der Waals surface area contributed by atoms with Crippen LogP contribution in [0.25, 0.3) is 16.7 Å². The van der Waals surface area contributed by atoms with Gasteiger partial charge in [0.2, 0.25) is 0 Å². The zero-order chi connectivity index (χ0) is 23.4. The number of rotatable bonds is 7. The summed E-state index contributed by atoms with van der Waals surface area (Å²) in [6.45, 7) is 6.21. The monoisotopic (exact) mass is 439 g/mol. The third-order valence-corrected chi connectivity index (χ3v) is 5.35. The molecule has 0 radical (unpaired) electrons. The van der Waals surface area contributed by atoms with E-state index in [0.717, 1.165) is 12.0 Å². The Bertz CT molecular complexity index is 1140. The SMILES string of the molecule is C\C=C/C=C(\C=C(/C)CC)c1cc(-c2c(C(F)F)ccc3c2CNN3)c(N)c(C(N)=O)n1. The molecule has 0 saturated heterocycles. The first kappa shape index (κ1) is 23.1. The topological polar surface area (TPSA) is 106 Å². The van der Waals surface area contributed by atoms with Crippen molar-refractivity contribution in [3.63, 3.8) is 0 Å². The molecule has 6 nitrogen and oxygen atoms in total. The van der Waals surface area contributed by atoms with Gasteiger partial charge in [0, 0.05) is 28.8 Å². The molecule has 3 rings (SSSR count). The van der Waals surface area contributed by atoms with Crippen LogP contribution in [-0.4, -0.2) is 10.9 Å². The number of carbonyl (C=O) groups is 1. The number of hydrogen-bond acceptors (Lipinski definition) is 5. The number of nitrogens with two attached hydrogens (primary N) is 2. The zero-order valence-electron chi connectivity index (χ0n) is 18.3. The number of aromatic nitrogens is 1. The van der Waals surface area contributed by atoms with Gasteiger partial charge in [0.15, 0.2) is 5.69 Å². The number of allylic oxidation sites excluding steroid dienone is 6. The second-order valence-electron chi connectivity index (χ2n) is 7.51. The van der Waals surface area contributed by atoms with E-state index < -0.39 is 12.3 Å². The van der Waals surface area contributed by atoms with Crippen LogP contribution < -0.4 is 22.3 Å². The summed E-state index contributed by atoms with van der Waals surface area (Å²) >= 11 is 0. The number of pyridine rings is 1. The molecule has 0 fully saturated rings. The van der Waals surface area contributed by atoms with Crippen LogP contribution in [0.15, 0.2) is 48.1 Å². The molecule has 1 amide bonds. The van der Waals surface area contributed by atoms with Crippen molar-refractivity contribution >= 4 is 22.9 Å². The quantitative estimate of drug-likeness (QED) is 0.449. The van der Waals surface area contributed by atoms with Crippen LogP contribution in [0.2, 0.25) is 0 Å². The van der Waals surface area contributed by atoms with Gasteiger partial charge in [-0.3, -0.25) is 4.79 Å². The summed E-state index contributed by atoms with van der Waals surface area (Å²) < 4.78 is 28.0. The van der Waals surface area contributed by atoms with Gasteiger partial charge in [-0.2, -0.15) is 0 Å². The number of alkyl halides is 2. The molecule has 168 valence electrons. The van der Waals surface area contributed by atoms with Crippen molar-refractivity contribution in [1.82, 2.24) is 10.4 Å². The third kappa shape index (κ3) is 4.55. The van der Waals surface area contributed by atoms with E-state index in [1.807, 2.05) is 45.1 Å². The largest absolute Gasteiger partial charge is 0.396 e. The Morgan fingerprint density at radius 2 is 2.09 bits per heavy atom. The molecule has 2 heterocycles. The summed E-state index contributed by atoms with van der Waals surface area (Å²) in [4.78, 5) is 16.6. The lowest BCUT2D eigenvalue weighted by atomic mass is 9.90. The second kappa shape index (κ2) is 9.74. The molecule has 2 aromatic rings. The number of hydrazine groups is 1. The van der Waals surface area contributed by atoms with Gasteiger partial charge < -0.3 is 16.9 Å². The van der Waals surface area contributed by atoms with Crippen LogP contribution in [0, 0.1) is 0 Å². The van der Waals surface area contributed by atoms with Crippen molar-refractivity contribution in [1.29, 1.82) is 0 Å². The smallest absolute Gasteiger partial charge is 0.269 e. The number of benzene rings is 1. The standard InChI is InChI=1S/C24H27F2N5O/c1-4-6-7-14(10-13(3)5-2)19-11-16(21(27)22(30-19)24(28)32)20-15(23(25)26)8-9-18-17(20)12-29-31-18/h4,6-11,23,29,31H,5,12,27H2,1-3H3,(H2,28,32)/b6-4-,13-10+,14-7+. The molecule has 8 heteroatoms. The minimum Gasteiger partial charge on any atom is -0.396 e. The van der Waals surface area contributed by atoms with Gasteiger partial charge in [0.1, 0.15) is 0 Å².